The highest BCUT2D eigenvalue weighted by Crippen LogP contribution is 2.29. The van der Waals surface area contributed by atoms with Crippen LogP contribution < -0.4 is 10.6 Å². The van der Waals surface area contributed by atoms with Gasteiger partial charge in [0.1, 0.15) is 5.70 Å². The molecule has 0 heterocycles. The van der Waals surface area contributed by atoms with Crippen LogP contribution >= 0.6 is 15.9 Å². The van der Waals surface area contributed by atoms with Gasteiger partial charge in [-0.3, -0.25) is 4.99 Å². The van der Waals surface area contributed by atoms with Crippen LogP contribution in [0.25, 0.3) is 0 Å². The molecule has 0 aromatic heterocycles. The quantitative estimate of drug-likeness (QED) is 0.378. The molecule has 23 heavy (non-hydrogen) atoms. The zero-order valence-electron chi connectivity index (χ0n) is 12.1. The van der Waals surface area contributed by atoms with Gasteiger partial charge < -0.3 is 15.7 Å². The third kappa shape index (κ3) is 6.31. The van der Waals surface area contributed by atoms with Gasteiger partial charge in [-0.25, -0.2) is 4.79 Å². The molecule has 0 fully saturated rings. The summed E-state index contributed by atoms with van der Waals surface area (Å²) in [6, 6.07) is 4.59. The first-order valence-electron chi connectivity index (χ1n) is 6.46. The minimum absolute atomic E-state index is 0.0511. The van der Waals surface area contributed by atoms with E-state index in [1.54, 1.807) is 0 Å². The third-order valence-electron chi connectivity index (χ3n) is 2.66. The molecule has 0 radical (unpaired) electrons. The second-order valence-corrected chi connectivity index (χ2v) is 5.20. The number of halogens is 4. The lowest BCUT2D eigenvalue weighted by atomic mass is 10.2. The Kier molecular flexibility index (Phi) is 7.08. The predicted octanol–water partition coefficient (Wildman–Crippen LogP) is 3.10. The third-order valence-corrected chi connectivity index (χ3v) is 3.26. The summed E-state index contributed by atoms with van der Waals surface area (Å²) >= 11 is 3.09. The maximum Gasteiger partial charge on any atom is 0.416 e. The predicted molar refractivity (Wildman–Crippen MR) is 85.9 cm³/mol. The van der Waals surface area contributed by atoms with Crippen LogP contribution in [-0.2, 0) is 11.0 Å². The van der Waals surface area contributed by atoms with E-state index in [-0.39, 0.29) is 12.2 Å². The van der Waals surface area contributed by atoms with Crippen molar-refractivity contribution in [1.29, 1.82) is 0 Å². The van der Waals surface area contributed by atoms with Crippen LogP contribution in [0.5, 0.6) is 0 Å². The number of hydrogen-bond acceptors (Lipinski definition) is 4. The Morgan fingerprint density at radius 1 is 1.30 bits per heavy atom. The molecule has 0 atom stereocenters. The Balaban J connectivity index is 2.54. The molecule has 0 aliphatic heterocycles. The summed E-state index contributed by atoms with van der Waals surface area (Å²) in [5.74, 6) is -1.15. The SMILES string of the molecule is CN=C/C(Br)=C(\NCCNc1ccc(C(F)(F)F)cc1)C(=O)O. The summed E-state index contributed by atoms with van der Waals surface area (Å²) in [7, 11) is 1.51. The summed E-state index contributed by atoms with van der Waals surface area (Å²) in [4.78, 5) is 14.8. The van der Waals surface area contributed by atoms with Crippen LogP contribution in [0, 0.1) is 0 Å². The van der Waals surface area contributed by atoms with E-state index < -0.39 is 17.7 Å². The van der Waals surface area contributed by atoms with E-state index in [0.29, 0.717) is 16.7 Å². The Bertz CT molecular complexity index is 598. The molecular formula is C14H15BrF3N3O2. The highest BCUT2D eigenvalue weighted by atomic mass is 79.9. The number of hydrogen-bond donors (Lipinski definition) is 3. The molecule has 9 heteroatoms. The van der Waals surface area contributed by atoms with Crippen molar-refractivity contribution in [3.8, 4) is 0 Å². The van der Waals surface area contributed by atoms with Gasteiger partial charge in [0.15, 0.2) is 0 Å². The molecule has 0 amide bonds. The summed E-state index contributed by atoms with van der Waals surface area (Å²) in [6.45, 7) is 0.584. The van der Waals surface area contributed by atoms with E-state index in [4.69, 9.17) is 5.11 Å². The molecule has 1 aromatic rings. The average Bonchev–Trinajstić information content (AvgIpc) is 2.46. The number of nitrogens with one attached hydrogen (secondary N) is 2. The minimum Gasteiger partial charge on any atom is -0.477 e. The number of aliphatic imine (C=N–C) groups is 1. The van der Waals surface area contributed by atoms with Crippen LogP contribution in [0.3, 0.4) is 0 Å². The number of anilines is 1. The Morgan fingerprint density at radius 3 is 2.39 bits per heavy atom. The fourth-order valence-electron chi connectivity index (χ4n) is 1.61. The van der Waals surface area contributed by atoms with Crippen molar-refractivity contribution in [2.45, 2.75) is 6.18 Å². The van der Waals surface area contributed by atoms with Gasteiger partial charge in [-0.05, 0) is 40.2 Å². The van der Waals surface area contributed by atoms with Gasteiger partial charge >= 0.3 is 12.1 Å². The summed E-state index contributed by atoms with van der Waals surface area (Å²) in [6.07, 6.45) is -3.02. The molecule has 126 valence electrons. The maximum atomic E-state index is 12.4. The molecule has 0 unspecified atom stereocenters. The van der Waals surface area contributed by atoms with Gasteiger partial charge in [0, 0.05) is 32.0 Å². The first-order chi connectivity index (χ1) is 10.8. The molecule has 0 bridgehead atoms. The van der Waals surface area contributed by atoms with Gasteiger partial charge in [0.05, 0.1) is 10.0 Å². The van der Waals surface area contributed by atoms with Crippen molar-refractivity contribution in [1.82, 2.24) is 5.32 Å². The molecule has 0 aliphatic carbocycles. The Labute approximate surface area is 139 Å². The number of carboxylic acids is 1. The number of aliphatic carboxylic acids is 1. The highest BCUT2D eigenvalue weighted by molar-refractivity contribution is 9.12. The average molecular weight is 394 g/mol. The minimum atomic E-state index is -4.37. The highest BCUT2D eigenvalue weighted by Gasteiger charge is 2.29. The van der Waals surface area contributed by atoms with Crippen molar-refractivity contribution in [2.24, 2.45) is 4.99 Å². The lowest BCUT2D eigenvalue weighted by Gasteiger charge is -2.11. The molecule has 0 aliphatic rings. The molecule has 1 rings (SSSR count). The van der Waals surface area contributed by atoms with E-state index in [9.17, 15) is 18.0 Å². The monoisotopic (exact) mass is 393 g/mol. The topological polar surface area (TPSA) is 73.7 Å². The fourth-order valence-corrected chi connectivity index (χ4v) is 2.13. The fraction of sp³-hybridized carbons (Fsp3) is 0.286. The number of carboxylic acid groups (broad SMARTS) is 1. The second-order valence-electron chi connectivity index (χ2n) is 4.34. The number of allylic oxidation sites excluding steroid dienone is 1. The molecule has 0 saturated carbocycles. The van der Waals surface area contributed by atoms with Crippen molar-refractivity contribution in [3.63, 3.8) is 0 Å². The van der Waals surface area contributed by atoms with Gasteiger partial charge in [-0.15, -0.1) is 0 Å². The first-order valence-corrected chi connectivity index (χ1v) is 7.25. The van der Waals surface area contributed by atoms with Crippen molar-refractivity contribution >= 4 is 33.8 Å². The van der Waals surface area contributed by atoms with Gasteiger partial charge in [0.25, 0.3) is 0 Å². The lowest BCUT2D eigenvalue weighted by molar-refractivity contribution is -0.137. The summed E-state index contributed by atoms with van der Waals surface area (Å²) < 4.78 is 37.6. The van der Waals surface area contributed by atoms with E-state index in [1.807, 2.05) is 0 Å². The standard InChI is InChI=1S/C14H15BrF3N3O2/c1-19-8-11(15)12(13(22)23)21-7-6-20-10-4-2-9(3-5-10)14(16,17)18/h2-5,8,20-21H,6-7H2,1H3,(H,22,23)/b12-11+,19-8?. The Morgan fingerprint density at radius 2 is 1.91 bits per heavy atom. The van der Waals surface area contributed by atoms with Gasteiger partial charge in [-0.2, -0.15) is 13.2 Å². The van der Waals surface area contributed by atoms with Crippen molar-refractivity contribution in [2.75, 3.05) is 25.5 Å². The molecule has 0 spiro atoms. The van der Waals surface area contributed by atoms with Crippen molar-refractivity contribution in [3.05, 3.63) is 40.0 Å². The first kappa shape index (κ1) is 19.0. The lowest BCUT2D eigenvalue weighted by Crippen LogP contribution is -2.27. The number of carbonyl (C=O) groups is 1. The molecule has 1 aromatic carbocycles. The number of nitrogens with zero attached hydrogens (tertiary/aromatic N) is 1. The molecule has 0 saturated heterocycles. The number of benzene rings is 1. The van der Waals surface area contributed by atoms with E-state index >= 15 is 0 Å². The maximum absolute atomic E-state index is 12.4. The van der Waals surface area contributed by atoms with Gasteiger partial charge in [0.2, 0.25) is 0 Å². The second kappa shape index (κ2) is 8.56. The number of rotatable bonds is 7. The van der Waals surface area contributed by atoms with Crippen LogP contribution in [-0.4, -0.2) is 37.4 Å². The largest absolute Gasteiger partial charge is 0.477 e. The van der Waals surface area contributed by atoms with Crippen LogP contribution in [0.2, 0.25) is 0 Å². The molecule has 3 N–H and O–H groups in total. The molecular weight excluding hydrogens is 379 g/mol. The Hall–Kier alpha value is -2.03. The van der Waals surface area contributed by atoms with Crippen LogP contribution in [0.4, 0.5) is 18.9 Å². The van der Waals surface area contributed by atoms with Gasteiger partial charge in [-0.1, -0.05) is 0 Å². The summed E-state index contributed by atoms with van der Waals surface area (Å²) in [5.41, 5.74) is -0.264. The molecule has 5 nitrogen and oxygen atoms in total. The van der Waals surface area contributed by atoms with E-state index in [2.05, 4.69) is 31.6 Å². The van der Waals surface area contributed by atoms with E-state index in [0.717, 1.165) is 12.1 Å². The van der Waals surface area contributed by atoms with Crippen molar-refractivity contribution < 1.29 is 23.1 Å². The smallest absolute Gasteiger partial charge is 0.416 e. The zero-order chi connectivity index (χ0) is 17.5. The zero-order valence-corrected chi connectivity index (χ0v) is 13.7. The van der Waals surface area contributed by atoms with E-state index in [1.165, 1.54) is 25.4 Å². The normalized spacial score (nSPS) is 12.9. The van der Waals surface area contributed by atoms with Crippen LogP contribution in [0.15, 0.2) is 39.4 Å². The number of alkyl halides is 3. The van der Waals surface area contributed by atoms with Crippen LogP contribution in [0.1, 0.15) is 5.56 Å². The summed E-state index contributed by atoms with van der Waals surface area (Å²) in [5, 5.41) is 14.7.